The van der Waals surface area contributed by atoms with Crippen molar-refractivity contribution in [2.75, 3.05) is 11.1 Å². The fourth-order valence-corrected chi connectivity index (χ4v) is 1.05. The highest BCUT2D eigenvalue weighted by atomic mass is 19.4. The molecule has 0 radical (unpaired) electrons. The van der Waals surface area contributed by atoms with E-state index in [4.69, 9.17) is 5.73 Å². The van der Waals surface area contributed by atoms with E-state index in [1.165, 1.54) is 0 Å². The molecule has 0 fully saturated rings. The predicted octanol–water partition coefficient (Wildman–Crippen LogP) is 1.82. The minimum absolute atomic E-state index is 0.0485. The highest BCUT2D eigenvalue weighted by Gasteiger charge is 2.31. The van der Waals surface area contributed by atoms with Crippen molar-refractivity contribution in [3.05, 3.63) is 23.8 Å². The minimum Gasteiger partial charge on any atom is -0.397 e. The lowest BCUT2D eigenvalue weighted by atomic mass is 10.1. The summed E-state index contributed by atoms with van der Waals surface area (Å²) in [6, 6.07) is 2.48. The van der Waals surface area contributed by atoms with Crippen LogP contribution >= 0.6 is 0 Å². The SMILES string of the molecule is CC(=O)C(=O)Nc1cc(C(F)(F)F)ccc1N. The third-order valence-corrected chi connectivity index (χ3v) is 1.95. The highest BCUT2D eigenvalue weighted by molar-refractivity contribution is 6.40. The van der Waals surface area contributed by atoms with Crippen LogP contribution in [-0.4, -0.2) is 11.7 Å². The average Bonchev–Trinajstić information content (AvgIpc) is 2.19. The number of rotatable bonds is 2. The summed E-state index contributed by atoms with van der Waals surface area (Å²) in [5.41, 5.74) is 4.15. The van der Waals surface area contributed by atoms with Crippen molar-refractivity contribution in [3.8, 4) is 0 Å². The second kappa shape index (κ2) is 4.44. The van der Waals surface area contributed by atoms with Gasteiger partial charge in [0.05, 0.1) is 16.9 Å². The van der Waals surface area contributed by atoms with E-state index in [9.17, 15) is 22.8 Å². The maximum Gasteiger partial charge on any atom is 0.416 e. The van der Waals surface area contributed by atoms with Crippen LogP contribution in [0.15, 0.2) is 18.2 Å². The number of anilines is 2. The van der Waals surface area contributed by atoms with E-state index in [0.717, 1.165) is 19.1 Å². The van der Waals surface area contributed by atoms with E-state index in [1.54, 1.807) is 0 Å². The van der Waals surface area contributed by atoms with Crippen LogP contribution < -0.4 is 11.1 Å². The maximum absolute atomic E-state index is 12.4. The molecular weight excluding hydrogens is 237 g/mol. The van der Waals surface area contributed by atoms with Gasteiger partial charge in [0.15, 0.2) is 0 Å². The van der Waals surface area contributed by atoms with Gasteiger partial charge >= 0.3 is 6.18 Å². The van der Waals surface area contributed by atoms with Crippen LogP contribution in [0.3, 0.4) is 0 Å². The molecule has 1 aromatic carbocycles. The standard InChI is InChI=1S/C10H9F3N2O2/c1-5(16)9(17)15-8-4-6(10(11,12)13)2-3-7(8)14/h2-4H,14H2,1H3,(H,15,17). The fourth-order valence-electron chi connectivity index (χ4n) is 1.05. The molecule has 1 amide bonds. The van der Waals surface area contributed by atoms with E-state index in [-0.39, 0.29) is 11.4 Å². The van der Waals surface area contributed by atoms with Gasteiger partial charge in [-0.3, -0.25) is 9.59 Å². The van der Waals surface area contributed by atoms with Gasteiger partial charge in [0.2, 0.25) is 5.78 Å². The number of hydrogen-bond donors (Lipinski definition) is 2. The van der Waals surface area contributed by atoms with E-state index >= 15 is 0 Å². The van der Waals surface area contributed by atoms with Gasteiger partial charge in [-0.25, -0.2) is 0 Å². The average molecular weight is 246 g/mol. The summed E-state index contributed by atoms with van der Waals surface area (Å²) < 4.78 is 37.1. The number of carbonyl (C=O) groups is 2. The molecule has 0 aliphatic carbocycles. The first kappa shape index (κ1) is 13.0. The van der Waals surface area contributed by atoms with Crippen LogP contribution in [0.5, 0.6) is 0 Å². The zero-order chi connectivity index (χ0) is 13.2. The molecule has 0 saturated heterocycles. The quantitative estimate of drug-likeness (QED) is 0.617. The Balaban J connectivity index is 3.07. The van der Waals surface area contributed by atoms with Crippen molar-refractivity contribution in [1.29, 1.82) is 0 Å². The first-order chi connectivity index (χ1) is 7.71. The van der Waals surface area contributed by atoms with Crippen molar-refractivity contribution in [3.63, 3.8) is 0 Å². The summed E-state index contributed by atoms with van der Waals surface area (Å²) in [7, 11) is 0. The van der Waals surface area contributed by atoms with Crippen LogP contribution in [0.2, 0.25) is 0 Å². The Bertz CT molecular complexity index is 469. The number of nitrogens with two attached hydrogens (primary N) is 1. The first-order valence-corrected chi connectivity index (χ1v) is 4.50. The smallest absolute Gasteiger partial charge is 0.397 e. The number of benzene rings is 1. The van der Waals surface area contributed by atoms with Gasteiger partial charge in [0.25, 0.3) is 5.91 Å². The fraction of sp³-hybridized carbons (Fsp3) is 0.200. The molecule has 0 aliphatic heterocycles. The van der Waals surface area contributed by atoms with Crippen molar-refractivity contribution in [2.45, 2.75) is 13.1 Å². The number of carbonyl (C=O) groups excluding carboxylic acids is 2. The molecule has 0 heterocycles. The first-order valence-electron chi connectivity index (χ1n) is 4.50. The molecular formula is C10H9F3N2O2. The van der Waals surface area contributed by atoms with Crippen molar-refractivity contribution < 1.29 is 22.8 Å². The number of amides is 1. The molecule has 0 saturated carbocycles. The summed E-state index contributed by atoms with van der Waals surface area (Å²) in [5, 5.41) is 2.01. The second-order valence-corrected chi connectivity index (χ2v) is 3.31. The van der Waals surface area contributed by atoms with Crippen LogP contribution in [0.4, 0.5) is 24.5 Å². The topological polar surface area (TPSA) is 72.2 Å². The van der Waals surface area contributed by atoms with Gasteiger partial charge in [-0.2, -0.15) is 13.2 Å². The Morgan fingerprint density at radius 1 is 1.29 bits per heavy atom. The van der Waals surface area contributed by atoms with Gasteiger partial charge < -0.3 is 11.1 Å². The van der Waals surface area contributed by atoms with Crippen LogP contribution in [0, 0.1) is 0 Å². The van der Waals surface area contributed by atoms with Gasteiger partial charge in [-0.15, -0.1) is 0 Å². The predicted molar refractivity (Wildman–Crippen MR) is 55.2 cm³/mol. The molecule has 0 spiro atoms. The Labute approximate surface area is 94.6 Å². The number of alkyl halides is 3. The molecule has 3 N–H and O–H groups in total. The summed E-state index contributed by atoms with van der Waals surface area (Å²) >= 11 is 0. The van der Waals surface area contributed by atoms with Gasteiger partial charge in [-0.05, 0) is 18.2 Å². The normalized spacial score (nSPS) is 11.1. The molecule has 1 aromatic rings. The number of Topliss-reactive ketones (excluding diaryl/α,β-unsaturated/α-hetero) is 1. The molecule has 0 atom stereocenters. The van der Waals surface area contributed by atoms with Crippen LogP contribution in [0.25, 0.3) is 0 Å². The monoisotopic (exact) mass is 246 g/mol. The molecule has 0 unspecified atom stereocenters. The van der Waals surface area contributed by atoms with Crippen molar-refractivity contribution in [1.82, 2.24) is 0 Å². The molecule has 1 rings (SSSR count). The Kier molecular flexibility index (Phi) is 3.40. The van der Waals surface area contributed by atoms with Gasteiger partial charge in [0.1, 0.15) is 0 Å². The van der Waals surface area contributed by atoms with E-state index in [0.29, 0.717) is 6.07 Å². The van der Waals surface area contributed by atoms with Gasteiger partial charge in [0, 0.05) is 6.92 Å². The van der Waals surface area contributed by atoms with E-state index in [1.807, 2.05) is 5.32 Å². The molecule has 4 nitrogen and oxygen atoms in total. The summed E-state index contributed by atoms with van der Waals surface area (Å²) in [5.74, 6) is -1.84. The summed E-state index contributed by atoms with van der Waals surface area (Å²) in [6.45, 7) is 0.999. The zero-order valence-corrected chi connectivity index (χ0v) is 8.76. The van der Waals surface area contributed by atoms with E-state index in [2.05, 4.69) is 0 Å². The Morgan fingerprint density at radius 2 is 1.88 bits per heavy atom. The Morgan fingerprint density at radius 3 is 2.35 bits per heavy atom. The number of nitrogens with one attached hydrogen (secondary N) is 1. The van der Waals surface area contributed by atoms with Crippen LogP contribution in [0.1, 0.15) is 12.5 Å². The highest BCUT2D eigenvalue weighted by Crippen LogP contribution is 2.32. The Hall–Kier alpha value is -2.05. The number of hydrogen-bond acceptors (Lipinski definition) is 3. The third-order valence-electron chi connectivity index (χ3n) is 1.95. The molecule has 17 heavy (non-hydrogen) atoms. The largest absolute Gasteiger partial charge is 0.416 e. The lowest BCUT2D eigenvalue weighted by molar-refractivity contribution is -0.137. The third kappa shape index (κ3) is 3.20. The van der Waals surface area contributed by atoms with Crippen LogP contribution in [-0.2, 0) is 15.8 Å². The maximum atomic E-state index is 12.4. The molecule has 7 heteroatoms. The number of ketones is 1. The van der Waals surface area contributed by atoms with Crippen molar-refractivity contribution in [2.24, 2.45) is 0 Å². The minimum atomic E-state index is -4.54. The number of halogens is 3. The van der Waals surface area contributed by atoms with Gasteiger partial charge in [-0.1, -0.05) is 0 Å². The summed E-state index contributed by atoms with van der Waals surface area (Å²) in [4.78, 5) is 21.7. The zero-order valence-electron chi connectivity index (χ0n) is 8.76. The van der Waals surface area contributed by atoms with E-state index < -0.39 is 23.4 Å². The second-order valence-electron chi connectivity index (χ2n) is 3.31. The molecule has 0 aromatic heterocycles. The molecule has 0 aliphatic rings. The lowest BCUT2D eigenvalue weighted by Gasteiger charge is -2.11. The van der Waals surface area contributed by atoms with Crippen molar-refractivity contribution >= 4 is 23.1 Å². The summed E-state index contributed by atoms with van der Waals surface area (Å²) in [6.07, 6.45) is -4.54. The lowest BCUT2D eigenvalue weighted by Crippen LogP contribution is -2.21. The molecule has 92 valence electrons. The molecule has 0 bridgehead atoms. The number of nitrogen functional groups attached to an aromatic ring is 1.